The SMILES string of the molecule is CN1C(=CC=CC=CC=CC2=[N+](CCCCCC(=O)O)c3ccc(S(=O)(=O)O)cc3C2(C)C)C(C)(C)c2c(I)cc(I)cc21. The molecule has 234 valence electrons. The predicted octanol–water partition coefficient (Wildman–Crippen LogP) is 8.14. The van der Waals surface area contributed by atoms with E-state index in [4.69, 9.17) is 5.11 Å². The van der Waals surface area contributed by atoms with Crippen molar-refractivity contribution in [3.63, 3.8) is 0 Å². The van der Waals surface area contributed by atoms with Crippen LogP contribution in [0.1, 0.15) is 64.5 Å². The van der Waals surface area contributed by atoms with Crippen LogP contribution >= 0.6 is 45.2 Å². The maximum Gasteiger partial charge on any atom is 0.303 e. The quantitative estimate of drug-likeness (QED) is 0.0780. The van der Waals surface area contributed by atoms with Crippen molar-refractivity contribution in [1.82, 2.24) is 0 Å². The minimum atomic E-state index is -4.34. The van der Waals surface area contributed by atoms with E-state index in [1.54, 1.807) is 12.1 Å². The minimum Gasteiger partial charge on any atom is -0.481 e. The third kappa shape index (κ3) is 7.23. The van der Waals surface area contributed by atoms with Gasteiger partial charge in [0.15, 0.2) is 5.71 Å². The monoisotopic (exact) mass is 841 g/mol. The summed E-state index contributed by atoms with van der Waals surface area (Å²) in [6, 6.07) is 9.18. The van der Waals surface area contributed by atoms with Crippen molar-refractivity contribution in [2.24, 2.45) is 0 Å². The van der Waals surface area contributed by atoms with Gasteiger partial charge in [-0.05, 0) is 102 Å². The van der Waals surface area contributed by atoms with Crippen molar-refractivity contribution in [3.8, 4) is 0 Å². The number of likely N-dealkylation sites (N-methyl/N-ethyl adjacent to an activating group) is 1. The van der Waals surface area contributed by atoms with E-state index in [1.807, 2.05) is 44.2 Å². The number of fused-ring (bicyclic) bond motifs is 2. The number of anilines is 1. The first-order valence-electron chi connectivity index (χ1n) is 14.5. The van der Waals surface area contributed by atoms with Crippen LogP contribution in [0.5, 0.6) is 0 Å². The largest absolute Gasteiger partial charge is 0.481 e. The summed E-state index contributed by atoms with van der Waals surface area (Å²) in [5, 5.41) is 8.97. The van der Waals surface area contributed by atoms with Crippen LogP contribution in [-0.4, -0.2) is 47.9 Å². The molecule has 7 nitrogen and oxygen atoms in total. The van der Waals surface area contributed by atoms with Gasteiger partial charge in [-0.25, -0.2) is 0 Å². The van der Waals surface area contributed by atoms with Gasteiger partial charge in [0.25, 0.3) is 10.1 Å². The third-order valence-corrected chi connectivity index (χ3v) is 10.7. The van der Waals surface area contributed by atoms with E-state index in [0.717, 1.165) is 29.8 Å². The molecule has 0 fully saturated rings. The Morgan fingerprint density at radius 1 is 0.955 bits per heavy atom. The Labute approximate surface area is 288 Å². The van der Waals surface area contributed by atoms with Crippen molar-refractivity contribution in [2.45, 2.75) is 69.1 Å². The van der Waals surface area contributed by atoms with Gasteiger partial charge in [0, 0.05) is 67.1 Å². The molecule has 2 aliphatic heterocycles. The van der Waals surface area contributed by atoms with Crippen molar-refractivity contribution < 1.29 is 27.4 Å². The fourth-order valence-corrected chi connectivity index (χ4v) is 9.20. The molecule has 44 heavy (non-hydrogen) atoms. The molecule has 0 saturated carbocycles. The minimum absolute atomic E-state index is 0.106. The van der Waals surface area contributed by atoms with E-state index < -0.39 is 21.5 Å². The second-order valence-electron chi connectivity index (χ2n) is 12.2. The predicted molar refractivity (Wildman–Crippen MR) is 194 cm³/mol. The Bertz CT molecular complexity index is 1730. The number of rotatable bonds is 11. The molecule has 0 aliphatic carbocycles. The van der Waals surface area contributed by atoms with Crippen molar-refractivity contribution >= 4 is 78.4 Å². The van der Waals surface area contributed by atoms with E-state index in [1.165, 1.54) is 30.2 Å². The highest BCUT2D eigenvalue weighted by Crippen LogP contribution is 2.49. The van der Waals surface area contributed by atoms with E-state index in [-0.39, 0.29) is 16.7 Å². The lowest BCUT2D eigenvalue weighted by Crippen LogP contribution is -2.28. The average molecular weight is 842 g/mol. The molecule has 0 bridgehead atoms. The number of carbonyl (C=O) groups is 1. The van der Waals surface area contributed by atoms with Gasteiger partial charge in [0.05, 0.1) is 10.3 Å². The molecule has 0 amide bonds. The van der Waals surface area contributed by atoms with Gasteiger partial charge in [0.1, 0.15) is 6.54 Å². The fourth-order valence-electron chi connectivity index (χ4n) is 6.21. The Kier molecular flexibility index (Phi) is 10.7. The Morgan fingerprint density at radius 3 is 2.32 bits per heavy atom. The molecular weight excluding hydrogens is 802 g/mol. The zero-order chi connectivity index (χ0) is 32.4. The number of allylic oxidation sites excluding steroid dienone is 8. The summed E-state index contributed by atoms with van der Waals surface area (Å²) in [6.45, 7) is 9.27. The molecule has 0 saturated heterocycles. The Balaban J connectivity index is 1.55. The molecule has 2 aromatic carbocycles. The molecule has 10 heteroatoms. The smallest absolute Gasteiger partial charge is 0.303 e. The van der Waals surface area contributed by atoms with Crippen LogP contribution in [0.2, 0.25) is 0 Å². The van der Waals surface area contributed by atoms with Gasteiger partial charge < -0.3 is 10.0 Å². The first-order valence-corrected chi connectivity index (χ1v) is 18.1. The van der Waals surface area contributed by atoms with Crippen LogP contribution < -0.4 is 4.90 Å². The van der Waals surface area contributed by atoms with Crippen molar-refractivity contribution in [2.75, 3.05) is 18.5 Å². The van der Waals surface area contributed by atoms with Gasteiger partial charge in [-0.15, -0.1) is 0 Å². The van der Waals surface area contributed by atoms with E-state index in [0.29, 0.717) is 13.0 Å². The Morgan fingerprint density at radius 2 is 1.64 bits per heavy atom. The van der Waals surface area contributed by atoms with Crippen molar-refractivity contribution in [3.05, 3.63) is 96.8 Å². The van der Waals surface area contributed by atoms with Crippen LogP contribution in [-0.2, 0) is 25.7 Å². The number of aliphatic carboxylic acids is 1. The number of hydrogen-bond donors (Lipinski definition) is 2. The summed E-state index contributed by atoms with van der Waals surface area (Å²) in [7, 11) is -2.22. The fraction of sp³-hybridized carbons (Fsp3) is 0.353. The average Bonchev–Trinajstić information content (AvgIpc) is 3.24. The first kappa shape index (κ1) is 34.6. The summed E-state index contributed by atoms with van der Waals surface area (Å²) in [4.78, 5) is 13.1. The molecule has 2 aromatic rings. The molecular formula is C34H39I2N2O5S+. The van der Waals surface area contributed by atoms with Crippen LogP contribution in [0, 0.1) is 7.14 Å². The number of carboxylic acid groups (broad SMARTS) is 1. The zero-order valence-corrected chi connectivity index (χ0v) is 30.8. The van der Waals surface area contributed by atoms with Gasteiger partial charge in [-0.3, -0.25) is 9.35 Å². The molecule has 0 radical (unpaired) electrons. The number of carboxylic acids is 1. The van der Waals surface area contributed by atoms with E-state index >= 15 is 0 Å². The number of nitrogens with zero attached hydrogens (tertiary/aromatic N) is 2. The molecule has 2 N–H and O–H groups in total. The lowest BCUT2D eigenvalue weighted by atomic mass is 9.81. The highest BCUT2D eigenvalue weighted by atomic mass is 127. The van der Waals surface area contributed by atoms with E-state index in [9.17, 15) is 17.8 Å². The Hall–Kier alpha value is -2.29. The summed E-state index contributed by atoms with van der Waals surface area (Å²) >= 11 is 4.80. The lowest BCUT2D eigenvalue weighted by Gasteiger charge is -2.24. The van der Waals surface area contributed by atoms with Crippen LogP contribution in [0.15, 0.2) is 83.5 Å². The topological polar surface area (TPSA) is 97.9 Å². The molecule has 0 spiro atoms. The third-order valence-electron chi connectivity index (χ3n) is 8.41. The van der Waals surface area contributed by atoms with E-state index in [2.05, 4.69) is 99.8 Å². The molecule has 0 atom stereocenters. The van der Waals surface area contributed by atoms with Gasteiger partial charge in [0.2, 0.25) is 5.69 Å². The van der Waals surface area contributed by atoms with Gasteiger partial charge in [-0.2, -0.15) is 13.0 Å². The number of benzene rings is 2. The number of halogens is 2. The maximum atomic E-state index is 11.9. The second-order valence-corrected chi connectivity index (χ2v) is 16.0. The van der Waals surface area contributed by atoms with Crippen molar-refractivity contribution in [1.29, 1.82) is 0 Å². The van der Waals surface area contributed by atoms with Crippen LogP contribution in [0.4, 0.5) is 11.4 Å². The molecule has 2 heterocycles. The second kappa shape index (κ2) is 13.6. The van der Waals surface area contributed by atoms with Crippen LogP contribution in [0.25, 0.3) is 0 Å². The van der Waals surface area contributed by atoms with Gasteiger partial charge >= 0.3 is 5.97 Å². The highest BCUT2D eigenvalue weighted by Gasteiger charge is 2.45. The summed E-state index contributed by atoms with van der Waals surface area (Å²) < 4.78 is 38.1. The highest BCUT2D eigenvalue weighted by molar-refractivity contribution is 14.1. The van der Waals surface area contributed by atoms with Gasteiger partial charge in [-0.1, -0.05) is 44.2 Å². The summed E-state index contributed by atoms with van der Waals surface area (Å²) in [5.41, 5.74) is 5.94. The maximum absolute atomic E-state index is 11.9. The standard InChI is InChI=1S/C34H38I2N2O5S/c1-33(2)25-22-24(44(41,42)43)17-18-27(25)38(19-13-9-12-16-31(39)40)30(33)15-11-8-6-7-10-14-29-34(3,4)32-26(36)20-23(35)21-28(32)37(29)5/h6-8,10-11,14-15,17-18,20-22H,9,12-13,16,19H2,1-5H3,(H-,39,40,41,42,43)/p+1. The first-order chi connectivity index (χ1) is 20.6. The van der Waals surface area contributed by atoms with Crippen LogP contribution in [0.3, 0.4) is 0 Å². The molecule has 0 aromatic heterocycles. The summed E-state index contributed by atoms with van der Waals surface area (Å²) in [5.74, 6) is -0.795. The number of hydrogen-bond acceptors (Lipinski definition) is 4. The molecule has 0 unspecified atom stereocenters. The lowest BCUT2D eigenvalue weighted by molar-refractivity contribution is -0.438. The summed E-state index contributed by atoms with van der Waals surface area (Å²) in [6.07, 6.45) is 16.5. The molecule has 4 rings (SSSR count). The molecule has 2 aliphatic rings. The number of unbranched alkanes of at least 4 members (excludes halogenated alkanes) is 2. The zero-order valence-electron chi connectivity index (χ0n) is 25.6. The normalized spacial score (nSPS) is 18.4.